The number of ether oxygens (including phenoxy) is 1. The standard InChI is InChI=1S/C23H19N5O2S/c24-10-19-21(15-3-5-17(6-4-15)30-18-8-16(29)9-18)20(11-25)23(28-22(19)26)31-13-14-2-1-7-27-12-14/h1-7,12,16,18,29H,8-9,13H2,(H2,26,28)/t16-,18-. The van der Waals surface area contributed by atoms with Crippen molar-refractivity contribution in [3.05, 3.63) is 65.5 Å². The largest absolute Gasteiger partial charge is 0.490 e. The van der Waals surface area contributed by atoms with Gasteiger partial charge in [-0.3, -0.25) is 4.98 Å². The first-order valence-corrected chi connectivity index (χ1v) is 10.7. The van der Waals surface area contributed by atoms with E-state index in [1.165, 1.54) is 11.8 Å². The lowest BCUT2D eigenvalue weighted by Crippen LogP contribution is -2.37. The van der Waals surface area contributed by atoms with E-state index in [2.05, 4.69) is 22.1 Å². The van der Waals surface area contributed by atoms with Crippen LogP contribution in [0.5, 0.6) is 5.75 Å². The zero-order chi connectivity index (χ0) is 21.8. The molecule has 2 aromatic heterocycles. The molecule has 7 nitrogen and oxygen atoms in total. The van der Waals surface area contributed by atoms with Crippen LogP contribution in [-0.4, -0.2) is 27.3 Å². The Morgan fingerprint density at radius 3 is 2.48 bits per heavy atom. The third-order valence-corrected chi connectivity index (χ3v) is 6.08. The van der Waals surface area contributed by atoms with E-state index in [9.17, 15) is 15.6 Å². The highest BCUT2D eigenvalue weighted by Gasteiger charge is 2.29. The smallest absolute Gasteiger partial charge is 0.143 e. The highest BCUT2D eigenvalue weighted by Crippen LogP contribution is 2.37. The third kappa shape index (κ3) is 4.46. The van der Waals surface area contributed by atoms with Gasteiger partial charge in [0.25, 0.3) is 0 Å². The maximum atomic E-state index is 9.89. The van der Waals surface area contributed by atoms with E-state index in [4.69, 9.17) is 10.5 Å². The first kappa shape index (κ1) is 20.7. The molecular formula is C23H19N5O2S. The number of aromatic nitrogens is 2. The fourth-order valence-electron chi connectivity index (χ4n) is 3.35. The van der Waals surface area contributed by atoms with Crippen molar-refractivity contribution < 1.29 is 9.84 Å². The molecule has 0 spiro atoms. The molecule has 1 aromatic carbocycles. The van der Waals surface area contributed by atoms with E-state index in [0.29, 0.717) is 46.1 Å². The number of rotatable bonds is 6. The molecule has 0 amide bonds. The molecule has 1 saturated carbocycles. The van der Waals surface area contributed by atoms with Gasteiger partial charge in [-0.05, 0) is 29.3 Å². The molecule has 1 fully saturated rings. The minimum Gasteiger partial charge on any atom is -0.490 e. The van der Waals surface area contributed by atoms with E-state index >= 15 is 0 Å². The van der Waals surface area contributed by atoms with Gasteiger partial charge in [-0.25, -0.2) is 4.98 Å². The molecule has 0 saturated heterocycles. The number of aliphatic hydroxyl groups is 1. The second kappa shape index (κ2) is 9.05. The first-order chi connectivity index (χ1) is 15.1. The lowest BCUT2D eigenvalue weighted by atomic mass is 9.92. The van der Waals surface area contributed by atoms with Gasteiger partial charge in [0.05, 0.1) is 11.7 Å². The number of hydrogen-bond donors (Lipinski definition) is 2. The maximum absolute atomic E-state index is 9.89. The van der Waals surface area contributed by atoms with E-state index < -0.39 is 0 Å². The molecule has 0 atom stereocenters. The Bertz CT molecular complexity index is 1160. The molecule has 0 unspecified atom stereocenters. The molecule has 0 bridgehead atoms. The van der Waals surface area contributed by atoms with Crippen molar-refractivity contribution in [2.24, 2.45) is 0 Å². The van der Waals surface area contributed by atoms with Gasteiger partial charge < -0.3 is 15.6 Å². The Morgan fingerprint density at radius 1 is 1.13 bits per heavy atom. The zero-order valence-electron chi connectivity index (χ0n) is 16.5. The third-order valence-electron chi connectivity index (χ3n) is 5.03. The summed E-state index contributed by atoms with van der Waals surface area (Å²) in [5.74, 6) is 1.33. The number of anilines is 1. The van der Waals surface area contributed by atoms with Gasteiger partial charge >= 0.3 is 0 Å². The summed E-state index contributed by atoms with van der Waals surface area (Å²) in [5, 5.41) is 29.4. The monoisotopic (exact) mass is 429 g/mol. The van der Waals surface area contributed by atoms with Crippen molar-refractivity contribution in [1.82, 2.24) is 9.97 Å². The van der Waals surface area contributed by atoms with Crippen LogP contribution in [0.4, 0.5) is 5.82 Å². The molecule has 1 aliphatic carbocycles. The van der Waals surface area contributed by atoms with E-state index in [0.717, 1.165) is 5.56 Å². The Balaban J connectivity index is 1.66. The normalized spacial score (nSPS) is 17.3. The van der Waals surface area contributed by atoms with Gasteiger partial charge in [0.2, 0.25) is 0 Å². The van der Waals surface area contributed by atoms with Crippen molar-refractivity contribution >= 4 is 17.6 Å². The Kier molecular flexibility index (Phi) is 6.03. The van der Waals surface area contributed by atoms with Crippen LogP contribution in [0.3, 0.4) is 0 Å². The predicted octanol–water partition coefficient (Wildman–Crippen LogP) is 3.66. The molecule has 31 heavy (non-hydrogen) atoms. The van der Waals surface area contributed by atoms with Crippen LogP contribution in [0.25, 0.3) is 11.1 Å². The van der Waals surface area contributed by atoms with Crippen LogP contribution in [-0.2, 0) is 5.75 Å². The quantitative estimate of drug-likeness (QED) is 0.568. The van der Waals surface area contributed by atoms with Crippen molar-refractivity contribution in [1.29, 1.82) is 10.5 Å². The average molecular weight is 430 g/mol. The molecule has 8 heteroatoms. The highest BCUT2D eigenvalue weighted by molar-refractivity contribution is 7.98. The van der Waals surface area contributed by atoms with E-state index in [-0.39, 0.29) is 23.6 Å². The summed E-state index contributed by atoms with van der Waals surface area (Å²) < 4.78 is 5.82. The SMILES string of the molecule is N#Cc1c(N)nc(SCc2cccnc2)c(C#N)c1-c1ccc(O[C@H]2C[C@H](O)C2)cc1. The lowest BCUT2D eigenvalue weighted by Gasteiger charge is -2.31. The van der Waals surface area contributed by atoms with Gasteiger partial charge in [-0.1, -0.05) is 18.2 Å². The number of benzene rings is 1. The van der Waals surface area contributed by atoms with Gasteiger partial charge in [0.15, 0.2) is 0 Å². The van der Waals surface area contributed by atoms with Gasteiger partial charge in [-0.2, -0.15) is 10.5 Å². The molecule has 154 valence electrons. The number of nitrogen functional groups attached to an aromatic ring is 1. The Hall–Kier alpha value is -3.59. The number of thioether (sulfide) groups is 1. The van der Waals surface area contributed by atoms with Crippen LogP contribution in [0.15, 0.2) is 53.8 Å². The molecular weight excluding hydrogens is 410 g/mol. The zero-order valence-corrected chi connectivity index (χ0v) is 17.3. The van der Waals surface area contributed by atoms with Crippen LogP contribution < -0.4 is 10.5 Å². The van der Waals surface area contributed by atoms with Crippen LogP contribution >= 0.6 is 11.8 Å². The number of aliphatic hydroxyl groups excluding tert-OH is 1. The minimum absolute atomic E-state index is 0.0113. The van der Waals surface area contributed by atoms with E-state index in [1.807, 2.05) is 12.1 Å². The van der Waals surface area contributed by atoms with Gasteiger partial charge in [-0.15, -0.1) is 11.8 Å². The van der Waals surface area contributed by atoms with Gasteiger partial charge in [0.1, 0.15) is 40.4 Å². The number of nitrogens with zero attached hydrogens (tertiary/aromatic N) is 4. The number of nitriles is 2. The molecule has 1 aliphatic rings. The second-order valence-electron chi connectivity index (χ2n) is 7.19. The Labute approximate surface area is 184 Å². The maximum Gasteiger partial charge on any atom is 0.143 e. The molecule has 3 N–H and O–H groups in total. The lowest BCUT2D eigenvalue weighted by molar-refractivity contribution is -0.0107. The van der Waals surface area contributed by atoms with Crippen LogP contribution in [0.1, 0.15) is 29.5 Å². The fourth-order valence-corrected chi connectivity index (χ4v) is 4.28. The highest BCUT2D eigenvalue weighted by atomic mass is 32.2. The number of nitrogens with two attached hydrogens (primary N) is 1. The summed E-state index contributed by atoms with van der Waals surface area (Å²) >= 11 is 1.38. The topological polar surface area (TPSA) is 129 Å². The first-order valence-electron chi connectivity index (χ1n) is 9.69. The summed E-state index contributed by atoms with van der Waals surface area (Å²) in [6, 6.07) is 15.3. The van der Waals surface area contributed by atoms with Crippen LogP contribution in [0, 0.1) is 22.7 Å². The Morgan fingerprint density at radius 2 is 1.87 bits per heavy atom. The molecule has 4 rings (SSSR count). The van der Waals surface area contributed by atoms with Crippen LogP contribution in [0.2, 0.25) is 0 Å². The van der Waals surface area contributed by atoms with Crippen molar-refractivity contribution in [3.63, 3.8) is 0 Å². The van der Waals surface area contributed by atoms with E-state index in [1.54, 1.807) is 36.7 Å². The van der Waals surface area contributed by atoms with Crippen molar-refractivity contribution in [3.8, 4) is 29.0 Å². The van der Waals surface area contributed by atoms with Crippen molar-refractivity contribution in [2.75, 3.05) is 5.73 Å². The van der Waals surface area contributed by atoms with Gasteiger partial charge in [0, 0.05) is 36.6 Å². The molecule has 0 aliphatic heterocycles. The number of pyridine rings is 2. The number of hydrogen-bond acceptors (Lipinski definition) is 8. The summed E-state index contributed by atoms with van der Waals surface area (Å²) in [5.41, 5.74) is 8.72. The fraction of sp³-hybridized carbons (Fsp3) is 0.217. The average Bonchev–Trinajstić information content (AvgIpc) is 2.77. The summed E-state index contributed by atoms with van der Waals surface area (Å²) in [6.45, 7) is 0. The summed E-state index contributed by atoms with van der Waals surface area (Å²) in [6.07, 6.45) is 4.42. The summed E-state index contributed by atoms with van der Waals surface area (Å²) in [4.78, 5) is 8.43. The van der Waals surface area contributed by atoms with Crippen molar-refractivity contribution in [2.45, 2.75) is 35.8 Å². The predicted molar refractivity (Wildman–Crippen MR) is 117 cm³/mol. The minimum atomic E-state index is -0.289. The second-order valence-corrected chi connectivity index (χ2v) is 8.15. The molecule has 2 heterocycles. The molecule has 0 radical (unpaired) electrons. The molecule has 3 aromatic rings. The summed E-state index contributed by atoms with van der Waals surface area (Å²) in [7, 11) is 0.